The van der Waals surface area contributed by atoms with E-state index < -0.39 is 0 Å². The third-order valence-electron chi connectivity index (χ3n) is 12.2. The molecule has 0 atom stereocenters. The van der Waals surface area contributed by atoms with Gasteiger partial charge in [0, 0.05) is 50.2 Å². The number of pyridine rings is 3. The van der Waals surface area contributed by atoms with Crippen molar-refractivity contribution in [3.05, 3.63) is 231 Å². The predicted molar refractivity (Wildman–Crippen MR) is 269 cm³/mol. The highest BCUT2D eigenvalue weighted by Gasteiger charge is 2.17. The Hall–Kier alpha value is -9.00. The number of nitrogens with zero attached hydrogens (tertiary/aromatic N) is 6. The topological polar surface area (TPSA) is 77.3 Å². The predicted octanol–water partition coefficient (Wildman–Crippen LogP) is 14.9. The van der Waals surface area contributed by atoms with E-state index in [-0.39, 0.29) is 0 Å². The van der Waals surface area contributed by atoms with Crippen LogP contribution in [-0.4, -0.2) is 29.9 Å². The molecule has 66 heavy (non-hydrogen) atoms. The quantitative estimate of drug-likeness (QED) is 0.142. The van der Waals surface area contributed by atoms with Crippen molar-refractivity contribution < 1.29 is 0 Å². The molecule has 6 heteroatoms. The third kappa shape index (κ3) is 7.32. The van der Waals surface area contributed by atoms with Crippen LogP contribution in [0.4, 0.5) is 0 Å². The molecule has 0 saturated carbocycles. The monoisotopic (exact) mass is 842 g/mol. The first-order valence-corrected chi connectivity index (χ1v) is 22.0. The molecule has 308 valence electrons. The van der Waals surface area contributed by atoms with E-state index in [0.717, 1.165) is 105 Å². The van der Waals surface area contributed by atoms with Crippen LogP contribution in [0.1, 0.15) is 0 Å². The Bertz CT molecular complexity index is 3740. The highest BCUT2D eigenvalue weighted by molar-refractivity contribution is 6.10. The van der Waals surface area contributed by atoms with Gasteiger partial charge in [-0.25, -0.2) is 24.9 Å². The molecule has 12 rings (SSSR count). The summed E-state index contributed by atoms with van der Waals surface area (Å²) < 4.78 is 0. The van der Waals surface area contributed by atoms with Crippen LogP contribution in [0.15, 0.2) is 231 Å². The summed E-state index contributed by atoms with van der Waals surface area (Å²) in [6.45, 7) is 0. The lowest BCUT2D eigenvalue weighted by atomic mass is 9.94. The van der Waals surface area contributed by atoms with Gasteiger partial charge in [-0.2, -0.15) is 0 Å². The molecule has 0 saturated heterocycles. The van der Waals surface area contributed by atoms with Crippen molar-refractivity contribution in [1.82, 2.24) is 29.9 Å². The third-order valence-corrected chi connectivity index (χ3v) is 12.2. The second-order valence-corrected chi connectivity index (χ2v) is 16.3. The molecule has 0 amide bonds. The van der Waals surface area contributed by atoms with E-state index in [1.807, 2.05) is 72.9 Å². The Morgan fingerprint density at radius 1 is 0.258 bits per heavy atom. The fourth-order valence-corrected chi connectivity index (χ4v) is 8.85. The molecular weight excluding hydrogens is 805 g/mol. The standard InChI is InChI=1S/C60H38N6/c1-4-14-40(15-5-1)53-34-32-42-31-33-51-52(38-55(41-16-6-2-7-17-41)63-57(51)56(42)62-53)47-22-10-20-45(36-47)39-27-29-44(30-28-39)59-64-58(43-18-8-3-9-19-43)65-60(66-59)48-23-11-21-46(37-48)49-24-12-26-54-50(49)25-13-35-61-54/h1-38H. The maximum absolute atomic E-state index is 5.31. The molecule has 4 heterocycles. The molecule has 4 aromatic heterocycles. The number of benzene rings is 8. The molecule has 6 nitrogen and oxygen atoms in total. The van der Waals surface area contributed by atoms with Crippen LogP contribution in [0.25, 0.3) is 123 Å². The molecule has 0 aliphatic rings. The molecule has 0 N–H and O–H groups in total. The minimum atomic E-state index is 0.604. The number of aromatic nitrogens is 6. The summed E-state index contributed by atoms with van der Waals surface area (Å²) in [6, 6.07) is 77.6. The Labute approximate surface area is 381 Å². The number of rotatable bonds is 8. The zero-order chi connectivity index (χ0) is 43.8. The lowest BCUT2D eigenvalue weighted by molar-refractivity contribution is 1.07. The zero-order valence-electron chi connectivity index (χ0n) is 35.6. The smallest absolute Gasteiger partial charge is 0.164 e. The van der Waals surface area contributed by atoms with Crippen LogP contribution in [0.2, 0.25) is 0 Å². The van der Waals surface area contributed by atoms with Gasteiger partial charge < -0.3 is 0 Å². The van der Waals surface area contributed by atoms with Gasteiger partial charge in [0.15, 0.2) is 17.5 Å². The van der Waals surface area contributed by atoms with Crippen LogP contribution >= 0.6 is 0 Å². The number of hydrogen-bond donors (Lipinski definition) is 0. The average Bonchev–Trinajstić information content (AvgIpc) is 3.41. The van der Waals surface area contributed by atoms with E-state index in [4.69, 9.17) is 24.9 Å². The Kier molecular flexibility index (Phi) is 9.73. The van der Waals surface area contributed by atoms with E-state index >= 15 is 0 Å². The zero-order valence-corrected chi connectivity index (χ0v) is 35.6. The van der Waals surface area contributed by atoms with Gasteiger partial charge >= 0.3 is 0 Å². The van der Waals surface area contributed by atoms with Crippen molar-refractivity contribution in [2.24, 2.45) is 0 Å². The average molecular weight is 843 g/mol. The molecule has 8 aromatic carbocycles. The van der Waals surface area contributed by atoms with Gasteiger partial charge in [-0.1, -0.05) is 188 Å². The van der Waals surface area contributed by atoms with Crippen LogP contribution < -0.4 is 0 Å². The molecule has 0 aliphatic heterocycles. The summed E-state index contributed by atoms with van der Waals surface area (Å²) in [7, 11) is 0. The van der Waals surface area contributed by atoms with Crippen molar-refractivity contribution in [3.8, 4) is 90.1 Å². The molecule has 0 unspecified atom stereocenters. The normalized spacial score (nSPS) is 11.3. The summed E-state index contributed by atoms with van der Waals surface area (Å²) in [6.07, 6.45) is 1.83. The van der Waals surface area contributed by atoms with Gasteiger partial charge in [0.05, 0.1) is 27.9 Å². The summed E-state index contributed by atoms with van der Waals surface area (Å²) in [5.41, 5.74) is 15.9. The fourth-order valence-electron chi connectivity index (χ4n) is 8.85. The Morgan fingerprint density at radius 3 is 1.52 bits per heavy atom. The van der Waals surface area contributed by atoms with Crippen LogP contribution in [0, 0.1) is 0 Å². The minimum Gasteiger partial charge on any atom is -0.256 e. The van der Waals surface area contributed by atoms with E-state index in [2.05, 4.69) is 163 Å². The second-order valence-electron chi connectivity index (χ2n) is 16.3. The summed E-state index contributed by atoms with van der Waals surface area (Å²) >= 11 is 0. The van der Waals surface area contributed by atoms with Crippen molar-refractivity contribution in [3.63, 3.8) is 0 Å². The summed E-state index contributed by atoms with van der Waals surface area (Å²) in [5.74, 6) is 1.83. The maximum atomic E-state index is 5.31. The second kappa shape index (κ2) is 16.6. The molecule has 0 spiro atoms. The van der Waals surface area contributed by atoms with Crippen molar-refractivity contribution in [1.29, 1.82) is 0 Å². The molecule has 0 radical (unpaired) electrons. The Balaban J connectivity index is 0.933. The van der Waals surface area contributed by atoms with Gasteiger partial charge in [0.2, 0.25) is 0 Å². The van der Waals surface area contributed by atoms with Crippen molar-refractivity contribution in [2.75, 3.05) is 0 Å². The fraction of sp³-hybridized carbons (Fsp3) is 0. The summed E-state index contributed by atoms with van der Waals surface area (Å²) in [4.78, 5) is 30.3. The molecule has 0 bridgehead atoms. The van der Waals surface area contributed by atoms with Crippen LogP contribution in [0.5, 0.6) is 0 Å². The maximum Gasteiger partial charge on any atom is 0.164 e. The first-order valence-electron chi connectivity index (χ1n) is 22.0. The van der Waals surface area contributed by atoms with Crippen LogP contribution in [-0.2, 0) is 0 Å². The number of hydrogen-bond acceptors (Lipinski definition) is 6. The Morgan fingerprint density at radius 2 is 0.788 bits per heavy atom. The van der Waals surface area contributed by atoms with Crippen LogP contribution in [0.3, 0.4) is 0 Å². The van der Waals surface area contributed by atoms with Gasteiger partial charge in [-0.3, -0.25) is 4.98 Å². The highest BCUT2D eigenvalue weighted by atomic mass is 15.0. The largest absolute Gasteiger partial charge is 0.256 e. The van der Waals surface area contributed by atoms with Crippen molar-refractivity contribution >= 4 is 32.7 Å². The number of fused-ring (bicyclic) bond motifs is 4. The first-order chi connectivity index (χ1) is 32.7. The van der Waals surface area contributed by atoms with E-state index in [1.54, 1.807) is 0 Å². The first kappa shape index (κ1) is 38.7. The van der Waals surface area contributed by atoms with Gasteiger partial charge in [0.25, 0.3) is 0 Å². The lowest BCUT2D eigenvalue weighted by Crippen LogP contribution is -2.00. The molecular formula is C60H38N6. The van der Waals surface area contributed by atoms with E-state index in [1.165, 1.54) is 0 Å². The summed E-state index contributed by atoms with van der Waals surface area (Å²) in [5, 5.41) is 3.19. The molecule has 12 aromatic rings. The van der Waals surface area contributed by atoms with Gasteiger partial charge in [-0.15, -0.1) is 0 Å². The minimum absolute atomic E-state index is 0.604. The van der Waals surface area contributed by atoms with Crippen molar-refractivity contribution in [2.45, 2.75) is 0 Å². The SMILES string of the molecule is c1ccc(-c2ccc3ccc4c(-c5cccc(-c6ccc(-c7nc(-c8ccccc8)nc(-c8cccc(-c9cccc%10ncccc9%10)c8)n7)cc6)c5)cc(-c5ccccc5)nc4c3n2)cc1. The van der Waals surface area contributed by atoms with Gasteiger partial charge in [-0.05, 0) is 69.8 Å². The van der Waals surface area contributed by atoms with E-state index in [0.29, 0.717) is 17.5 Å². The molecule has 0 aliphatic carbocycles. The lowest BCUT2D eigenvalue weighted by Gasteiger charge is -2.14. The highest BCUT2D eigenvalue weighted by Crippen LogP contribution is 2.38. The molecule has 0 fully saturated rings. The van der Waals surface area contributed by atoms with Gasteiger partial charge in [0.1, 0.15) is 0 Å². The van der Waals surface area contributed by atoms with E-state index in [9.17, 15) is 0 Å².